The van der Waals surface area contributed by atoms with Gasteiger partial charge in [0.1, 0.15) is 11.5 Å². The maximum Gasteiger partial charge on any atom is 0.335 e. The Hall–Kier alpha value is -3.68. The highest BCUT2D eigenvalue weighted by molar-refractivity contribution is 5.92. The molecule has 174 valence electrons. The molecular formula is C27H27N3O4. The molecule has 1 amide bonds. The molecule has 5 rings (SSSR count). The number of hydrogen-bond acceptors (Lipinski definition) is 5. The fourth-order valence-electron chi connectivity index (χ4n) is 4.82. The van der Waals surface area contributed by atoms with Crippen LogP contribution in [-0.2, 0) is 11.3 Å². The van der Waals surface area contributed by atoms with Crippen molar-refractivity contribution in [1.29, 1.82) is 0 Å². The topological polar surface area (TPSA) is 82.1 Å². The number of piperazine rings is 1. The Labute approximate surface area is 198 Å². The van der Waals surface area contributed by atoms with E-state index in [4.69, 9.17) is 9.84 Å². The molecule has 0 radical (unpaired) electrons. The Morgan fingerprint density at radius 3 is 2.15 bits per heavy atom. The summed E-state index contributed by atoms with van der Waals surface area (Å²) in [6, 6.07) is 24.9. The monoisotopic (exact) mass is 457 g/mol. The van der Waals surface area contributed by atoms with Crippen LogP contribution in [0.5, 0.6) is 11.5 Å². The van der Waals surface area contributed by atoms with Crippen molar-refractivity contribution < 1.29 is 19.4 Å². The van der Waals surface area contributed by atoms with E-state index >= 15 is 0 Å². The molecule has 2 aliphatic heterocycles. The van der Waals surface area contributed by atoms with Gasteiger partial charge >= 0.3 is 5.97 Å². The predicted octanol–water partition coefficient (Wildman–Crippen LogP) is 4.07. The summed E-state index contributed by atoms with van der Waals surface area (Å²) in [6.07, 6.45) is 1.06. The number of carbonyl (C=O) groups excluding carboxylic acids is 1. The van der Waals surface area contributed by atoms with Crippen molar-refractivity contribution in [3.8, 4) is 11.5 Å². The molecule has 3 aromatic carbocycles. The number of benzene rings is 3. The summed E-state index contributed by atoms with van der Waals surface area (Å²) in [5.41, 5.74) is 2.17. The third-order valence-electron chi connectivity index (χ3n) is 6.52. The lowest BCUT2D eigenvalue weighted by atomic mass is 10.1. The number of carboxylic acid groups (broad SMARTS) is 1. The number of para-hydroxylation sites is 1. The van der Waals surface area contributed by atoms with E-state index in [1.165, 1.54) is 0 Å². The molecule has 7 nitrogen and oxygen atoms in total. The number of likely N-dealkylation sites (tertiary alicyclic amines) is 2. The first-order valence-electron chi connectivity index (χ1n) is 11.5. The minimum Gasteiger partial charge on any atom is -0.478 e. The van der Waals surface area contributed by atoms with Crippen molar-refractivity contribution in [1.82, 2.24) is 9.80 Å². The summed E-state index contributed by atoms with van der Waals surface area (Å²) in [4.78, 5) is 28.4. The van der Waals surface area contributed by atoms with E-state index in [-0.39, 0.29) is 5.91 Å². The molecule has 2 heterocycles. The predicted molar refractivity (Wildman–Crippen MR) is 129 cm³/mol. The molecule has 2 bridgehead atoms. The van der Waals surface area contributed by atoms with Gasteiger partial charge in [0.05, 0.1) is 12.1 Å². The normalized spacial score (nSPS) is 19.8. The molecule has 2 atom stereocenters. The first-order chi connectivity index (χ1) is 16.5. The van der Waals surface area contributed by atoms with Gasteiger partial charge in [-0.1, -0.05) is 30.3 Å². The molecule has 2 aliphatic rings. The van der Waals surface area contributed by atoms with E-state index in [0.717, 1.165) is 48.8 Å². The van der Waals surface area contributed by atoms with Crippen LogP contribution in [0.3, 0.4) is 0 Å². The summed E-state index contributed by atoms with van der Waals surface area (Å²) < 4.78 is 5.80. The fourth-order valence-corrected chi connectivity index (χ4v) is 4.82. The zero-order valence-electron chi connectivity index (χ0n) is 18.8. The third kappa shape index (κ3) is 5.11. The smallest absolute Gasteiger partial charge is 0.335 e. The zero-order chi connectivity index (χ0) is 23.5. The summed E-state index contributed by atoms with van der Waals surface area (Å²) in [6.45, 7) is 2.97. The van der Waals surface area contributed by atoms with E-state index in [1.54, 1.807) is 12.1 Å². The molecule has 0 aliphatic carbocycles. The second-order valence-electron chi connectivity index (χ2n) is 8.89. The van der Waals surface area contributed by atoms with Crippen molar-refractivity contribution in [2.45, 2.75) is 25.0 Å². The van der Waals surface area contributed by atoms with Gasteiger partial charge in [0.15, 0.2) is 0 Å². The van der Waals surface area contributed by atoms with Gasteiger partial charge in [-0.25, -0.2) is 4.79 Å². The number of hydrogen-bond donors (Lipinski definition) is 2. The fraction of sp³-hybridized carbons (Fsp3) is 0.259. The molecule has 0 spiro atoms. The second-order valence-corrected chi connectivity index (χ2v) is 8.89. The van der Waals surface area contributed by atoms with E-state index in [9.17, 15) is 9.59 Å². The Morgan fingerprint density at radius 1 is 0.853 bits per heavy atom. The summed E-state index contributed by atoms with van der Waals surface area (Å²) >= 11 is 0. The van der Waals surface area contributed by atoms with Crippen LogP contribution in [0.4, 0.5) is 5.69 Å². The van der Waals surface area contributed by atoms with Crippen LogP contribution in [0.15, 0.2) is 78.9 Å². The number of amides is 1. The lowest BCUT2D eigenvalue weighted by Crippen LogP contribution is -2.48. The molecule has 34 heavy (non-hydrogen) atoms. The molecule has 2 fully saturated rings. The van der Waals surface area contributed by atoms with Crippen molar-refractivity contribution in [3.63, 3.8) is 0 Å². The minimum atomic E-state index is -0.905. The van der Waals surface area contributed by atoms with Crippen LogP contribution in [-0.4, -0.2) is 58.5 Å². The van der Waals surface area contributed by atoms with Crippen LogP contribution in [0, 0.1) is 0 Å². The van der Waals surface area contributed by atoms with Gasteiger partial charge in [0.25, 0.3) is 0 Å². The molecule has 2 N–H and O–H groups in total. The first-order valence-corrected chi connectivity index (χ1v) is 11.5. The van der Waals surface area contributed by atoms with Gasteiger partial charge in [-0.3, -0.25) is 14.6 Å². The number of aromatic carboxylic acids is 1. The quantitative estimate of drug-likeness (QED) is 0.531. The van der Waals surface area contributed by atoms with E-state index < -0.39 is 5.97 Å². The molecule has 2 unspecified atom stereocenters. The van der Waals surface area contributed by atoms with E-state index in [1.807, 2.05) is 66.7 Å². The molecular weight excluding hydrogens is 430 g/mol. The third-order valence-corrected chi connectivity index (χ3v) is 6.52. The largest absolute Gasteiger partial charge is 0.478 e. The minimum absolute atomic E-state index is 0.0138. The molecule has 2 saturated heterocycles. The standard InChI is InChI=1S/C27H27N3O4/c31-26(28-21-10-12-25(13-11-21)34-24-4-2-1-3-5-24)18-30-17-22-14-23(30)16-29(22)15-19-6-8-20(9-7-19)27(32)33/h1-13,22-23H,14-18H2,(H,28,31)(H,32,33). The van der Waals surface area contributed by atoms with Gasteiger partial charge in [-0.15, -0.1) is 0 Å². The van der Waals surface area contributed by atoms with Gasteiger partial charge in [-0.2, -0.15) is 0 Å². The van der Waals surface area contributed by atoms with Gasteiger partial charge < -0.3 is 15.2 Å². The number of carbonyl (C=O) groups is 2. The number of rotatable bonds is 8. The van der Waals surface area contributed by atoms with E-state index in [2.05, 4.69) is 15.1 Å². The van der Waals surface area contributed by atoms with Crippen LogP contribution in [0.1, 0.15) is 22.3 Å². The van der Waals surface area contributed by atoms with Crippen molar-refractivity contribution in [3.05, 3.63) is 90.0 Å². The van der Waals surface area contributed by atoms with Crippen LogP contribution < -0.4 is 10.1 Å². The number of ether oxygens (including phenoxy) is 1. The van der Waals surface area contributed by atoms with Crippen LogP contribution in [0.2, 0.25) is 0 Å². The number of carboxylic acids is 1. The lowest BCUT2D eigenvalue weighted by Gasteiger charge is -2.33. The van der Waals surface area contributed by atoms with Gasteiger partial charge in [0, 0.05) is 37.4 Å². The average Bonchev–Trinajstić information content (AvgIpc) is 3.41. The number of nitrogens with zero attached hydrogens (tertiary/aromatic N) is 2. The first kappa shape index (κ1) is 22.1. The Morgan fingerprint density at radius 2 is 1.50 bits per heavy atom. The Balaban J connectivity index is 1.09. The SMILES string of the molecule is O=C(CN1CC2CC1CN2Cc1ccc(C(=O)O)cc1)Nc1ccc(Oc2ccccc2)cc1. The highest BCUT2D eigenvalue weighted by Gasteiger charge is 2.43. The van der Waals surface area contributed by atoms with Crippen LogP contribution in [0.25, 0.3) is 0 Å². The molecule has 3 aromatic rings. The highest BCUT2D eigenvalue weighted by atomic mass is 16.5. The maximum atomic E-state index is 12.6. The summed E-state index contributed by atoms with van der Waals surface area (Å²) in [5.74, 6) is 0.575. The Kier molecular flexibility index (Phi) is 6.29. The highest BCUT2D eigenvalue weighted by Crippen LogP contribution is 2.32. The molecule has 7 heteroatoms. The van der Waals surface area contributed by atoms with Gasteiger partial charge in [-0.05, 0) is 60.5 Å². The van der Waals surface area contributed by atoms with Gasteiger partial charge in [0.2, 0.25) is 5.91 Å². The number of anilines is 1. The van der Waals surface area contributed by atoms with Crippen molar-refractivity contribution >= 4 is 17.6 Å². The van der Waals surface area contributed by atoms with Crippen molar-refractivity contribution in [2.24, 2.45) is 0 Å². The van der Waals surface area contributed by atoms with Crippen molar-refractivity contribution in [2.75, 3.05) is 25.0 Å². The summed E-state index contributed by atoms with van der Waals surface area (Å²) in [7, 11) is 0. The Bertz CT molecular complexity index is 1150. The summed E-state index contributed by atoms with van der Waals surface area (Å²) in [5, 5.41) is 12.0. The average molecular weight is 458 g/mol. The van der Waals surface area contributed by atoms with E-state index in [0.29, 0.717) is 24.2 Å². The lowest BCUT2D eigenvalue weighted by molar-refractivity contribution is -0.117. The van der Waals surface area contributed by atoms with Crippen LogP contribution >= 0.6 is 0 Å². The number of fused-ring (bicyclic) bond motifs is 2. The molecule has 0 aromatic heterocycles. The zero-order valence-corrected chi connectivity index (χ0v) is 18.8. The number of nitrogens with one attached hydrogen (secondary N) is 1. The maximum absolute atomic E-state index is 12.6. The molecule has 0 saturated carbocycles. The second kappa shape index (κ2) is 9.67.